The van der Waals surface area contributed by atoms with Gasteiger partial charge in [0.15, 0.2) is 5.82 Å². The van der Waals surface area contributed by atoms with Crippen molar-refractivity contribution in [2.75, 3.05) is 11.2 Å². The molecule has 0 atom stereocenters. The highest BCUT2D eigenvalue weighted by molar-refractivity contribution is 7.89. The van der Waals surface area contributed by atoms with Crippen LogP contribution in [0.1, 0.15) is 108 Å². The number of hydrazine groups is 1. The van der Waals surface area contributed by atoms with Gasteiger partial charge in [-0.15, -0.1) is 4.83 Å². The lowest BCUT2D eigenvalue weighted by molar-refractivity contribution is 0.482. The molecule has 272 valence electrons. The van der Waals surface area contributed by atoms with Crippen LogP contribution in [0.5, 0.6) is 11.5 Å². The number of pyridine rings is 1. The van der Waals surface area contributed by atoms with E-state index in [-0.39, 0.29) is 28.0 Å². The zero-order valence-corrected chi connectivity index (χ0v) is 31.3. The minimum absolute atomic E-state index is 0.0174. The third-order valence-corrected chi connectivity index (χ3v) is 11.1. The zero-order valence-electron chi connectivity index (χ0n) is 29.7. The second-order valence-electron chi connectivity index (χ2n) is 13.2. The molecule has 4 rings (SSSR count). The van der Waals surface area contributed by atoms with E-state index < -0.39 is 25.0 Å². The molecule has 0 saturated carbocycles. The van der Waals surface area contributed by atoms with Gasteiger partial charge in [0.2, 0.25) is 10.0 Å². The summed E-state index contributed by atoms with van der Waals surface area (Å²) >= 11 is 0. The number of fused-ring (bicyclic) bond motifs is 1. The maximum absolute atomic E-state index is 13.1. The number of aromatic nitrogens is 1. The highest BCUT2D eigenvalue weighted by Gasteiger charge is 2.29. The first-order valence-electron chi connectivity index (χ1n) is 18.0. The summed E-state index contributed by atoms with van der Waals surface area (Å²) in [5.74, 6) is 0.632. The molecule has 1 aromatic heterocycles. The predicted molar refractivity (Wildman–Crippen MR) is 204 cm³/mol. The van der Waals surface area contributed by atoms with Crippen LogP contribution in [0.3, 0.4) is 0 Å². The van der Waals surface area contributed by atoms with E-state index in [1.807, 2.05) is 19.1 Å². The summed E-state index contributed by atoms with van der Waals surface area (Å²) in [7, 11) is -8.66. The fraction of sp³-hybridized carbons (Fsp3) is 0.462. The number of unbranched alkanes of at least 4 members (excludes halogenated alkanes) is 13. The number of para-hydroxylation sites is 1. The van der Waals surface area contributed by atoms with Crippen molar-refractivity contribution in [3.8, 4) is 22.6 Å². The fourth-order valence-corrected chi connectivity index (χ4v) is 8.13. The molecule has 4 aromatic rings. The number of ether oxygens (including phenoxy) is 1. The van der Waals surface area contributed by atoms with Crippen LogP contribution in [0.2, 0.25) is 0 Å². The Hall–Kier alpha value is -3.51. The number of sulfonamides is 1. The van der Waals surface area contributed by atoms with Gasteiger partial charge in [0.05, 0.1) is 16.8 Å². The number of benzene rings is 3. The molecule has 3 aromatic carbocycles. The molecular formula is C39H53N3O6S2. The van der Waals surface area contributed by atoms with Crippen LogP contribution < -0.4 is 15.0 Å². The van der Waals surface area contributed by atoms with Crippen molar-refractivity contribution in [3.63, 3.8) is 0 Å². The maximum Gasteiger partial charge on any atom is 0.295 e. The van der Waals surface area contributed by atoms with Crippen LogP contribution in [0.15, 0.2) is 71.6 Å². The van der Waals surface area contributed by atoms with E-state index in [0.717, 1.165) is 24.8 Å². The first kappa shape index (κ1) is 39.3. The monoisotopic (exact) mass is 723 g/mol. The number of nitrogens with zero attached hydrogens (tertiary/aromatic N) is 1. The van der Waals surface area contributed by atoms with Crippen molar-refractivity contribution in [2.45, 2.75) is 116 Å². The molecule has 0 bridgehead atoms. The van der Waals surface area contributed by atoms with E-state index in [1.54, 1.807) is 61.5 Å². The Labute approximate surface area is 299 Å². The molecule has 0 aliphatic carbocycles. The van der Waals surface area contributed by atoms with Crippen LogP contribution in [-0.2, 0) is 20.1 Å². The molecule has 0 spiro atoms. The average molecular weight is 724 g/mol. The van der Waals surface area contributed by atoms with Crippen molar-refractivity contribution < 1.29 is 26.1 Å². The highest BCUT2D eigenvalue weighted by Crippen LogP contribution is 2.43. The standard InChI is InChI=1S/C39H53N3O6S2/c1-4-5-6-7-8-9-10-11-12-13-14-15-16-19-29-49(43,44)42-41-39-37(38(50(45,46)47)36-31(3)21-20-23-34(36)40-39)33-22-17-18-24-35(33)48-32-27-25-30(2)26-28-32/h17-18,20-28,42H,4-16,19,29H2,1-3H3,(H,40,41)(H,45,46,47). The molecule has 50 heavy (non-hydrogen) atoms. The summed E-state index contributed by atoms with van der Waals surface area (Å²) in [5, 5.41) is 0.228. The number of anilines is 1. The summed E-state index contributed by atoms with van der Waals surface area (Å²) in [6, 6.07) is 19.2. The molecule has 0 amide bonds. The van der Waals surface area contributed by atoms with Gasteiger partial charge in [-0.1, -0.05) is 138 Å². The van der Waals surface area contributed by atoms with Crippen LogP contribution in [0.25, 0.3) is 22.0 Å². The summed E-state index contributed by atoms with van der Waals surface area (Å²) in [5.41, 5.74) is 4.86. The van der Waals surface area contributed by atoms with Crippen LogP contribution in [0, 0.1) is 13.8 Å². The van der Waals surface area contributed by atoms with Gasteiger partial charge < -0.3 is 4.74 Å². The van der Waals surface area contributed by atoms with Crippen molar-refractivity contribution in [1.82, 2.24) is 9.82 Å². The maximum atomic E-state index is 13.1. The molecule has 0 unspecified atom stereocenters. The van der Waals surface area contributed by atoms with Gasteiger partial charge in [-0.25, -0.2) is 13.4 Å². The Morgan fingerprint density at radius 1 is 0.700 bits per heavy atom. The van der Waals surface area contributed by atoms with E-state index in [2.05, 4.69) is 22.2 Å². The molecule has 0 aliphatic rings. The molecule has 0 radical (unpaired) electrons. The van der Waals surface area contributed by atoms with Crippen molar-refractivity contribution in [1.29, 1.82) is 0 Å². The van der Waals surface area contributed by atoms with Crippen molar-refractivity contribution in [2.24, 2.45) is 0 Å². The first-order chi connectivity index (χ1) is 24.0. The smallest absolute Gasteiger partial charge is 0.295 e. The molecule has 1 heterocycles. The topological polar surface area (TPSA) is 135 Å². The molecule has 9 nitrogen and oxygen atoms in total. The minimum atomic E-state index is -4.85. The molecule has 11 heteroatoms. The Morgan fingerprint density at radius 2 is 1.28 bits per heavy atom. The van der Waals surface area contributed by atoms with Gasteiger partial charge in [-0.2, -0.15) is 8.42 Å². The first-order valence-corrected chi connectivity index (χ1v) is 21.1. The van der Waals surface area contributed by atoms with Crippen molar-refractivity contribution in [3.05, 3.63) is 77.9 Å². The van der Waals surface area contributed by atoms with Crippen LogP contribution in [-0.4, -0.2) is 32.1 Å². The molecule has 0 saturated heterocycles. The Balaban J connectivity index is 1.46. The number of hydrogen-bond acceptors (Lipinski definition) is 7. The van der Waals surface area contributed by atoms with Crippen molar-refractivity contribution >= 4 is 36.9 Å². The second kappa shape index (κ2) is 19.2. The molecule has 3 N–H and O–H groups in total. The van der Waals surface area contributed by atoms with E-state index in [9.17, 15) is 21.4 Å². The number of hydrogen-bond donors (Lipinski definition) is 3. The zero-order chi connectivity index (χ0) is 36.0. The minimum Gasteiger partial charge on any atom is -0.457 e. The predicted octanol–water partition coefficient (Wildman–Crippen LogP) is 10.3. The summed E-state index contributed by atoms with van der Waals surface area (Å²) in [6.07, 6.45) is 16.3. The van der Waals surface area contributed by atoms with Gasteiger partial charge in [0.1, 0.15) is 16.4 Å². The Morgan fingerprint density at radius 3 is 1.88 bits per heavy atom. The number of nitrogens with one attached hydrogen (secondary N) is 2. The highest BCUT2D eigenvalue weighted by atomic mass is 32.2. The summed E-state index contributed by atoms with van der Waals surface area (Å²) in [6.45, 7) is 5.92. The van der Waals surface area contributed by atoms with Gasteiger partial charge in [-0.3, -0.25) is 9.98 Å². The van der Waals surface area contributed by atoms with Gasteiger partial charge in [0.25, 0.3) is 10.1 Å². The molecule has 0 fully saturated rings. The lowest BCUT2D eigenvalue weighted by atomic mass is 10.0. The van der Waals surface area contributed by atoms with Gasteiger partial charge in [-0.05, 0) is 50.1 Å². The molecular weight excluding hydrogens is 671 g/mol. The van der Waals surface area contributed by atoms with E-state index >= 15 is 0 Å². The second-order valence-corrected chi connectivity index (χ2v) is 16.4. The fourth-order valence-electron chi connectivity index (χ4n) is 6.21. The largest absolute Gasteiger partial charge is 0.457 e. The number of aryl methyl sites for hydroxylation is 2. The number of rotatable bonds is 22. The van der Waals surface area contributed by atoms with Crippen LogP contribution in [0.4, 0.5) is 5.82 Å². The molecule has 0 aliphatic heterocycles. The summed E-state index contributed by atoms with van der Waals surface area (Å²) in [4.78, 5) is 6.67. The SMILES string of the molecule is CCCCCCCCCCCCCCCCS(=O)(=O)NNc1nc2cccc(C)c2c(S(=O)(=O)O)c1-c1ccccc1Oc1ccc(C)cc1. The van der Waals surface area contributed by atoms with Gasteiger partial charge in [0, 0.05) is 10.9 Å². The lowest BCUT2D eigenvalue weighted by Crippen LogP contribution is -2.32. The third-order valence-electron chi connectivity index (χ3n) is 8.93. The normalized spacial score (nSPS) is 12.0. The third kappa shape index (κ3) is 11.8. The van der Waals surface area contributed by atoms with Crippen LogP contribution >= 0.6 is 0 Å². The Kier molecular flexibility index (Phi) is 15.1. The quantitative estimate of drug-likeness (QED) is 0.0414. The van der Waals surface area contributed by atoms with Gasteiger partial charge >= 0.3 is 0 Å². The Bertz CT molecular complexity index is 1900. The summed E-state index contributed by atoms with van der Waals surface area (Å²) < 4.78 is 69.3. The lowest BCUT2D eigenvalue weighted by Gasteiger charge is -2.20. The van der Waals surface area contributed by atoms with E-state index in [0.29, 0.717) is 29.0 Å². The van der Waals surface area contributed by atoms with E-state index in [1.165, 1.54) is 64.2 Å². The average Bonchev–Trinajstić information content (AvgIpc) is 3.08. The van der Waals surface area contributed by atoms with E-state index in [4.69, 9.17) is 4.74 Å².